The van der Waals surface area contributed by atoms with E-state index in [2.05, 4.69) is 0 Å². The Labute approximate surface area is 143 Å². The first-order valence-corrected chi connectivity index (χ1v) is 8.51. The Hall–Kier alpha value is -1.55. The van der Waals surface area contributed by atoms with E-state index in [1.54, 1.807) is 11.8 Å². The van der Waals surface area contributed by atoms with Gasteiger partial charge in [0, 0.05) is 24.0 Å². The Kier molecular flexibility index (Phi) is 8.70. The Morgan fingerprint density at radius 2 is 1.83 bits per heavy atom. The Balaban J connectivity index is 2.41. The number of ether oxygens (including phenoxy) is 1. The fourth-order valence-electron chi connectivity index (χ4n) is 2.35. The lowest BCUT2D eigenvalue weighted by atomic mass is 10.1. The van der Waals surface area contributed by atoms with Crippen LogP contribution in [0.15, 0.2) is 24.3 Å². The van der Waals surface area contributed by atoms with Crippen molar-refractivity contribution in [1.29, 1.82) is 0 Å². The van der Waals surface area contributed by atoms with Crippen LogP contribution in [-0.4, -0.2) is 36.0 Å². The number of carbonyl (C=O) groups excluding carboxylic acids is 2. The van der Waals surface area contributed by atoms with Crippen molar-refractivity contribution in [1.82, 2.24) is 4.90 Å². The molecule has 4 nitrogen and oxygen atoms in total. The molecule has 1 rings (SSSR count). The standard InChI is InChI=1S/C18H26ClNO3/c1-4-23-18(22)12-13-20(14(2)3)17(21)7-5-6-15-8-10-16(19)11-9-15/h8-11,14H,4-7,12-13H2,1-3H3. The van der Waals surface area contributed by atoms with Gasteiger partial charge in [0.15, 0.2) is 0 Å². The molecule has 1 amide bonds. The summed E-state index contributed by atoms with van der Waals surface area (Å²) in [5.74, 6) is -0.176. The maximum absolute atomic E-state index is 12.4. The molecule has 23 heavy (non-hydrogen) atoms. The average molecular weight is 340 g/mol. The van der Waals surface area contributed by atoms with Crippen LogP contribution in [0.3, 0.4) is 0 Å². The van der Waals surface area contributed by atoms with Crippen molar-refractivity contribution in [3.8, 4) is 0 Å². The zero-order chi connectivity index (χ0) is 17.2. The molecule has 1 aromatic carbocycles. The zero-order valence-corrected chi connectivity index (χ0v) is 14.9. The van der Waals surface area contributed by atoms with Crippen molar-refractivity contribution >= 4 is 23.5 Å². The molecule has 0 fully saturated rings. The molecule has 0 bridgehead atoms. The highest BCUT2D eigenvalue weighted by atomic mass is 35.5. The van der Waals surface area contributed by atoms with Gasteiger partial charge in [-0.2, -0.15) is 0 Å². The van der Waals surface area contributed by atoms with Gasteiger partial charge in [-0.15, -0.1) is 0 Å². The smallest absolute Gasteiger partial charge is 0.307 e. The number of carbonyl (C=O) groups is 2. The van der Waals surface area contributed by atoms with E-state index in [0.717, 1.165) is 17.9 Å². The molecular weight excluding hydrogens is 314 g/mol. The molecule has 128 valence electrons. The minimum absolute atomic E-state index is 0.0764. The van der Waals surface area contributed by atoms with Crippen LogP contribution in [0.2, 0.25) is 5.02 Å². The summed E-state index contributed by atoms with van der Waals surface area (Å²) < 4.78 is 4.91. The number of rotatable bonds is 9. The highest BCUT2D eigenvalue weighted by Gasteiger charge is 2.18. The fourth-order valence-corrected chi connectivity index (χ4v) is 2.48. The van der Waals surface area contributed by atoms with Gasteiger partial charge in [0.1, 0.15) is 0 Å². The van der Waals surface area contributed by atoms with Gasteiger partial charge in [0.2, 0.25) is 5.91 Å². The third-order valence-corrected chi connectivity index (χ3v) is 3.83. The highest BCUT2D eigenvalue weighted by Crippen LogP contribution is 2.13. The van der Waals surface area contributed by atoms with Gasteiger partial charge in [-0.25, -0.2) is 0 Å². The Bertz CT molecular complexity index is 499. The maximum Gasteiger partial charge on any atom is 0.307 e. The molecule has 0 aliphatic carbocycles. The summed E-state index contributed by atoms with van der Waals surface area (Å²) in [5.41, 5.74) is 1.17. The lowest BCUT2D eigenvalue weighted by Crippen LogP contribution is -2.38. The molecule has 0 aliphatic rings. The fraction of sp³-hybridized carbons (Fsp3) is 0.556. The van der Waals surface area contributed by atoms with Crippen molar-refractivity contribution in [2.75, 3.05) is 13.2 Å². The second-order valence-electron chi connectivity index (χ2n) is 5.72. The largest absolute Gasteiger partial charge is 0.466 e. The molecular formula is C18H26ClNO3. The van der Waals surface area contributed by atoms with E-state index in [4.69, 9.17) is 16.3 Å². The maximum atomic E-state index is 12.4. The number of hydrogen-bond donors (Lipinski definition) is 0. The SMILES string of the molecule is CCOC(=O)CCN(C(=O)CCCc1ccc(Cl)cc1)C(C)C. The minimum atomic E-state index is -0.257. The lowest BCUT2D eigenvalue weighted by molar-refractivity contribution is -0.144. The van der Waals surface area contributed by atoms with Crippen LogP contribution in [0.4, 0.5) is 0 Å². The van der Waals surface area contributed by atoms with E-state index in [-0.39, 0.29) is 24.3 Å². The number of nitrogens with zero attached hydrogens (tertiary/aromatic N) is 1. The van der Waals surface area contributed by atoms with E-state index in [0.29, 0.717) is 19.6 Å². The lowest BCUT2D eigenvalue weighted by Gasteiger charge is -2.26. The van der Waals surface area contributed by atoms with Crippen molar-refractivity contribution in [3.63, 3.8) is 0 Å². The van der Waals surface area contributed by atoms with E-state index >= 15 is 0 Å². The second-order valence-corrected chi connectivity index (χ2v) is 6.15. The monoisotopic (exact) mass is 339 g/mol. The predicted molar refractivity (Wildman–Crippen MR) is 92.5 cm³/mol. The van der Waals surface area contributed by atoms with Crippen LogP contribution in [-0.2, 0) is 20.7 Å². The van der Waals surface area contributed by atoms with Gasteiger partial charge in [-0.05, 0) is 51.3 Å². The van der Waals surface area contributed by atoms with Gasteiger partial charge < -0.3 is 9.64 Å². The number of hydrogen-bond acceptors (Lipinski definition) is 3. The topological polar surface area (TPSA) is 46.6 Å². The molecule has 0 atom stereocenters. The van der Waals surface area contributed by atoms with Gasteiger partial charge in [-0.1, -0.05) is 23.7 Å². The van der Waals surface area contributed by atoms with E-state index in [1.165, 1.54) is 5.56 Å². The number of esters is 1. The van der Waals surface area contributed by atoms with Crippen molar-refractivity contribution in [2.24, 2.45) is 0 Å². The summed E-state index contributed by atoms with van der Waals surface area (Å²) in [7, 11) is 0. The van der Waals surface area contributed by atoms with Gasteiger partial charge in [0.25, 0.3) is 0 Å². The van der Waals surface area contributed by atoms with Crippen molar-refractivity contribution in [2.45, 2.75) is 52.5 Å². The summed E-state index contributed by atoms with van der Waals surface area (Å²) in [6.07, 6.45) is 2.34. The normalized spacial score (nSPS) is 10.7. The molecule has 0 saturated carbocycles. The average Bonchev–Trinajstić information content (AvgIpc) is 2.49. The summed E-state index contributed by atoms with van der Waals surface area (Å²) in [5, 5.41) is 0.717. The van der Waals surface area contributed by atoms with E-state index in [9.17, 15) is 9.59 Å². The number of aryl methyl sites for hydroxylation is 1. The molecule has 0 radical (unpaired) electrons. The molecule has 0 N–H and O–H groups in total. The minimum Gasteiger partial charge on any atom is -0.466 e. The van der Waals surface area contributed by atoms with Crippen LogP contribution < -0.4 is 0 Å². The molecule has 0 unspecified atom stereocenters. The van der Waals surface area contributed by atoms with Gasteiger partial charge in [0.05, 0.1) is 13.0 Å². The van der Waals surface area contributed by atoms with Crippen LogP contribution >= 0.6 is 11.6 Å². The molecule has 0 heterocycles. The summed E-state index contributed by atoms with van der Waals surface area (Å²) in [4.78, 5) is 25.5. The number of amides is 1. The molecule has 1 aromatic rings. The van der Waals surface area contributed by atoms with Gasteiger partial charge >= 0.3 is 5.97 Å². The van der Waals surface area contributed by atoms with E-state index < -0.39 is 0 Å². The van der Waals surface area contributed by atoms with Crippen LogP contribution in [0.5, 0.6) is 0 Å². The molecule has 0 aliphatic heterocycles. The summed E-state index contributed by atoms with van der Waals surface area (Å²) >= 11 is 5.86. The van der Waals surface area contributed by atoms with Gasteiger partial charge in [-0.3, -0.25) is 9.59 Å². The number of halogens is 1. The van der Waals surface area contributed by atoms with Crippen LogP contribution in [0.1, 0.15) is 45.6 Å². The van der Waals surface area contributed by atoms with E-state index in [1.807, 2.05) is 38.1 Å². The van der Waals surface area contributed by atoms with Crippen LogP contribution in [0, 0.1) is 0 Å². The first-order chi connectivity index (χ1) is 10.9. The third kappa shape index (κ3) is 7.51. The predicted octanol–water partition coefficient (Wildman–Crippen LogP) is 3.85. The molecule has 0 aromatic heterocycles. The summed E-state index contributed by atoms with van der Waals surface area (Å²) in [6, 6.07) is 7.76. The number of benzene rings is 1. The molecule has 0 spiro atoms. The second kappa shape index (κ2) is 10.3. The zero-order valence-electron chi connectivity index (χ0n) is 14.2. The van der Waals surface area contributed by atoms with Crippen molar-refractivity contribution in [3.05, 3.63) is 34.9 Å². The Morgan fingerprint density at radius 3 is 2.39 bits per heavy atom. The molecule has 0 saturated heterocycles. The Morgan fingerprint density at radius 1 is 1.17 bits per heavy atom. The first-order valence-electron chi connectivity index (χ1n) is 8.13. The first kappa shape index (κ1) is 19.5. The summed E-state index contributed by atoms with van der Waals surface area (Å²) in [6.45, 7) is 6.48. The highest BCUT2D eigenvalue weighted by molar-refractivity contribution is 6.30. The van der Waals surface area contributed by atoms with Crippen LogP contribution in [0.25, 0.3) is 0 Å². The third-order valence-electron chi connectivity index (χ3n) is 3.58. The molecule has 5 heteroatoms. The van der Waals surface area contributed by atoms with Crippen molar-refractivity contribution < 1.29 is 14.3 Å². The quantitative estimate of drug-likeness (QED) is 0.642.